The van der Waals surface area contributed by atoms with Crippen molar-refractivity contribution in [2.45, 2.75) is 44.4 Å². The molecule has 3 rings (SSSR count). The SMILES string of the molecule is CC(C)(C#N)c1ccccc1CN1C[C@H](F)C[C@H]1C(=O)N1CCOCC1. The van der Waals surface area contributed by atoms with Gasteiger partial charge in [0.25, 0.3) is 0 Å². The normalized spacial score (nSPS) is 24.5. The number of benzene rings is 1. The Morgan fingerprint density at radius 1 is 1.35 bits per heavy atom. The summed E-state index contributed by atoms with van der Waals surface area (Å²) in [7, 11) is 0. The van der Waals surface area contributed by atoms with E-state index in [1.54, 1.807) is 4.90 Å². The van der Waals surface area contributed by atoms with E-state index in [9.17, 15) is 14.4 Å². The summed E-state index contributed by atoms with van der Waals surface area (Å²) in [5.74, 6) is -0.00882. The van der Waals surface area contributed by atoms with Crippen LogP contribution in [0.1, 0.15) is 31.4 Å². The van der Waals surface area contributed by atoms with Gasteiger partial charge < -0.3 is 9.64 Å². The molecule has 2 aliphatic rings. The van der Waals surface area contributed by atoms with Crippen molar-refractivity contribution < 1.29 is 13.9 Å². The van der Waals surface area contributed by atoms with Crippen LogP contribution < -0.4 is 0 Å². The van der Waals surface area contributed by atoms with Gasteiger partial charge in [0, 0.05) is 32.6 Å². The number of alkyl halides is 1. The highest BCUT2D eigenvalue weighted by molar-refractivity contribution is 5.82. The second-order valence-corrected chi connectivity index (χ2v) is 7.61. The van der Waals surface area contributed by atoms with E-state index >= 15 is 0 Å². The summed E-state index contributed by atoms with van der Waals surface area (Å²) >= 11 is 0. The average Bonchev–Trinajstić information content (AvgIpc) is 3.02. The Kier molecular flexibility index (Phi) is 5.59. The third-order valence-electron chi connectivity index (χ3n) is 5.30. The van der Waals surface area contributed by atoms with Gasteiger partial charge in [0.1, 0.15) is 6.17 Å². The van der Waals surface area contributed by atoms with Crippen LogP contribution in [0.2, 0.25) is 0 Å². The van der Waals surface area contributed by atoms with Crippen LogP contribution >= 0.6 is 0 Å². The highest BCUT2D eigenvalue weighted by atomic mass is 19.1. The largest absolute Gasteiger partial charge is 0.378 e. The molecule has 0 bridgehead atoms. The first-order valence-corrected chi connectivity index (χ1v) is 9.16. The van der Waals surface area contributed by atoms with Crippen molar-refractivity contribution in [1.29, 1.82) is 5.26 Å². The van der Waals surface area contributed by atoms with Gasteiger partial charge in [0.15, 0.2) is 0 Å². The fourth-order valence-corrected chi connectivity index (χ4v) is 3.82. The van der Waals surface area contributed by atoms with Crippen LogP contribution in [0.4, 0.5) is 4.39 Å². The van der Waals surface area contributed by atoms with Crippen molar-refractivity contribution in [2.24, 2.45) is 0 Å². The fourth-order valence-electron chi connectivity index (χ4n) is 3.82. The number of nitriles is 1. The summed E-state index contributed by atoms with van der Waals surface area (Å²) in [4.78, 5) is 16.6. The van der Waals surface area contributed by atoms with E-state index in [1.807, 2.05) is 43.0 Å². The second-order valence-electron chi connectivity index (χ2n) is 7.61. The van der Waals surface area contributed by atoms with E-state index in [1.165, 1.54) is 0 Å². The number of likely N-dealkylation sites (tertiary alicyclic amines) is 1. The number of halogens is 1. The van der Waals surface area contributed by atoms with Crippen LogP contribution in [0.5, 0.6) is 0 Å². The summed E-state index contributed by atoms with van der Waals surface area (Å²) < 4.78 is 19.5. The van der Waals surface area contributed by atoms with E-state index < -0.39 is 17.6 Å². The quantitative estimate of drug-likeness (QED) is 0.827. The van der Waals surface area contributed by atoms with Gasteiger partial charge in [-0.05, 0) is 25.0 Å². The number of rotatable bonds is 4. The smallest absolute Gasteiger partial charge is 0.240 e. The van der Waals surface area contributed by atoms with Gasteiger partial charge in [0.2, 0.25) is 5.91 Å². The Morgan fingerprint density at radius 2 is 2.04 bits per heavy atom. The maximum atomic E-state index is 14.2. The first-order chi connectivity index (χ1) is 12.4. The summed E-state index contributed by atoms with van der Waals surface area (Å²) in [6.07, 6.45) is -0.763. The molecule has 1 aromatic rings. The third kappa shape index (κ3) is 3.89. The number of ether oxygens (including phenoxy) is 1. The number of morpholine rings is 1. The van der Waals surface area contributed by atoms with Crippen molar-refractivity contribution in [3.8, 4) is 6.07 Å². The van der Waals surface area contributed by atoms with E-state index in [-0.39, 0.29) is 18.9 Å². The minimum absolute atomic E-state index is 0.00882. The molecule has 0 unspecified atom stereocenters. The molecule has 2 aliphatic heterocycles. The van der Waals surface area contributed by atoms with Crippen LogP contribution in [-0.4, -0.2) is 60.8 Å². The number of amides is 1. The van der Waals surface area contributed by atoms with Crippen molar-refractivity contribution in [2.75, 3.05) is 32.8 Å². The molecular weight excluding hydrogens is 333 g/mol. The van der Waals surface area contributed by atoms with E-state index in [0.29, 0.717) is 32.8 Å². The zero-order valence-electron chi connectivity index (χ0n) is 15.4. The lowest BCUT2D eigenvalue weighted by Crippen LogP contribution is -2.49. The minimum Gasteiger partial charge on any atom is -0.378 e. The molecule has 2 fully saturated rings. The molecule has 0 aromatic heterocycles. The van der Waals surface area contributed by atoms with Crippen LogP contribution in [0.3, 0.4) is 0 Å². The van der Waals surface area contributed by atoms with Crippen LogP contribution in [0.25, 0.3) is 0 Å². The Hall–Kier alpha value is -1.97. The molecule has 0 aliphatic carbocycles. The third-order valence-corrected chi connectivity index (χ3v) is 5.30. The Labute approximate surface area is 154 Å². The second kappa shape index (κ2) is 7.73. The zero-order valence-corrected chi connectivity index (χ0v) is 15.4. The van der Waals surface area contributed by atoms with Gasteiger partial charge in [0.05, 0.1) is 30.7 Å². The average molecular weight is 359 g/mol. The topological polar surface area (TPSA) is 56.6 Å². The summed E-state index contributed by atoms with van der Waals surface area (Å²) in [6, 6.07) is 9.64. The van der Waals surface area contributed by atoms with Gasteiger partial charge in [-0.25, -0.2) is 4.39 Å². The molecule has 1 aromatic carbocycles. The number of carbonyl (C=O) groups is 1. The van der Waals surface area contributed by atoms with Gasteiger partial charge in [-0.15, -0.1) is 0 Å². The molecular formula is C20H26FN3O2. The van der Waals surface area contributed by atoms with Gasteiger partial charge >= 0.3 is 0 Å². The molecule has 0 N–H and O–H groups in total. The molecule has 2 saturated heterocycles. The monoisotopic (exact) mass is 359 g/mol. The lowest BCUT2D eigenvalue weighted by atomic mass is 9.83. The summed E-state index contributed by atoms with van der Waals surface area (Å²) in [5, 5.41) is 9.49. The van der Waals surface area contributed by atoms with Crippen LogP contribution in [-0.2, 0) is 21.5 Å². The first kappa shape index (κ1) is 18.8. The van der Waals surface area contributed by atoms with Crippen LogP contribution in [0.15, 0.2) is 24.3 Å². The van der Waals surface area contributed by atoms with E-state index in [0.717, 1.165) is 11.1 Å². The summed E-state index contributed by atoms with van der Waals surface area (Å²) in [5.41, 5.74) is 1.28. The molecule has 140 valence electrons. The first-order valence-electron chi connectivity index (χ1n) is 9.16. The fraction of sp³-hybridized carbons (Fsp3) is 0.600. The Balaban J connectivity index is 1.80. The number of hydrogen-bond donors (Lipinski definition) is 0. The van der Waals surface area contributed by atoms with Crippen molar-refractivity contribution in [1.82, 2.24) is 9.80 Å². The van der Waals surface area contributed by atoms with Gasteiger partial charge in [-0.2, -0.15) is 5.26 Å². The van der Waals surface area contributed by atoms with Crippen LogP contribution in [0, 0.1) is 11.3 Å². The molecule has 0 radical (unpaired) electrons. The molecule has 2 heterocycles. The number of carbonyl (C=O) groups excluding carboxylic acids is 1. The molecule has 2 atom stereocenters. The van der Waals surface area contributed by atoms with Crippen molar-refractivity contribution in [3.63, 3.8) is 0 Å². The molecule has 0 spiro atoms. The lowest BCUT2D eigenvalue weighted by Gasteiger charge is -2.33. The number of nitrogens with zero attached hydrogens (tertiary/aromatic N) is 3. The van der Waals surface area contributed by atoms with E-state index in [4.69, 9.17) is 4.74 Å². The molecule has 26 heavy (non-hydrogen) atoms. The molecule has 0 saturated carbocycles. The highest BCUT2D eigenvalue weighted by Gasteiger charge is 2.39. The predicted molar refractivity (Wildman–Crippen MR) is 96.2 cm³/mol. The minimum atomic E-state index is -0.999. The molecule has 6 heteroatoms. The highest BCUT2D eigenvalue weighted by Crippen LogP contribution is 2.30. The molecule has 5 nitrogen and oxygen atoms in total. The maximum Gasteiger partial charge on any atom is 0.240 e. The summed E-state index contributed by atoms with van der Waals surface area (Å²) in [6.45, 7) is 6.70. The standard InChI is InChI=1S/C20H26FN3O2/c1-20(2,14-22)17-6-4-3-5-15(17)12-24-13-16(21)11-18(24)19(25)23-7-9-26-10-8-23/h3-6,16,18H,7-13H2,1-2H3/t16-,18+/m1/s1. The number of hydrogen-bond acceptors (Lipinski definition) is 4. The van der Waals surface area contributed by atoms with Crippen molar-refractivity contribution >= 4 is 5.91 Å². The van der Waals surface area contributed by atoms with E-state index in [2.05, 4.69) is 6.07 Å². The lowest BCUT2D eigenvalue weighted by molar-refractivity contribution is -0.140. The molecule has 1 amide bonds. The maximum absolute atomic E-state index is 14.2. The predicted octanol–water partition coefficient (Wildman–Crippen LogP) is 2.26. The van der Waals surface area contributed by atoms with Crippen molar-refractivity contribution in [3.05, 3.63) is 35.4 Å². The Bertz CT molecular complexity index is 695. The van der Waals surface area contributed by atoms with Gasteiger partial charge in [-0.3, -0.25) is 9.69 Å². The Morgan fingerprint density at radius 3 is 2.73 bits per heavy atom. The zero-order chi connectivity index (χ0) is 18.7. The van der Waals surface area contributed by atoms with Gasteiger partial charge in [-0.1, -0.05) is 24.3 Å².